The van der Waals surface area contributed by atoms with E-state index in [1.54, 1.807) is 6.92 Å². The molecule has 4 heteroatoms. The lowest BCUT2D eigenvalue weighted by Gasteiger charge is -1.89. The van der Waals surface area contributed by atoms with Crippen molar-refractivity contribution in [3.8, 4) is 0 Å². The van der Waals surface area contributed by atoms with Gasteiger partial charge in [-0.1, -0.05) is 6.92 Å². The van der Waals surface area contributed by atoms with Gasteiger partial charge in [-0.25, -0.2) is 0 Å². The van der Waals surface area contributed by atoms with Gasteiger partial charge < -0.3 is 9.47 Å². The largest absolute Gasteiger partial charge is 0.468 e. The van der Waals surface area contributed by atoms with E-state index in [0.29, 0.717) is 19.7 Å². The van der Waals surface area contributed by atoms with Crippen LogP contribution in [-0.2, 0) is 19.1 Å². The van der Waals surface area contributed by atoms with Gasteiger partial charge in [0.2, 0.25) is 0 Å². The minimum absolute atomic E-state index is 0.211. The van der Waals surface area contributed by atoms with E-state index in [2.05, 4.69) is 9.47 Å². The normalized spacial score (nSPS) is 7.58. The van der Waals surface area contributed by atoms with Crippen LogP contribution in [0, 0.1) is 0 Å². The number of hydrogen-bond donors (Lipinski definition) is 0. The summed E-state index contributed by atoms with van der Waals surface area (Å²) in [6.45, 7) is 6.61. The third-order valence-electron chi connectivity index (χ3n) is 0.738. The molecule has 0 radical (unpaired) electrons. The predicted molar refractivity (Wildman–Crippen MR) is 44.6 cm³/mol. The Bertz CT molecular complexity index is 112. The summed E-state index contributed by atoms with van der Waals surface area (Å²) >= 11 is 0. The molecule has 0 saturated heterocycles. The summed E-state index contributed by atoms with van der Waals surface area (Å²) in [5.74, 6) is -0.211. The maximum absolute atomic E-state index is 9.82. The number of ether oxygens (including phenoxy) is 2. The molecule has 72 valence electrons. The zero-order valence-corrected chi connectivity index (χ0v) is 7.83. The highest BCUT2D eigenvalue weighted by atomic mass is 16.5. The van der Waals surface area contributed by atoms with Crippen molar-refractivity contribution < 1.29 is 19.1 Å². The molecule has 0 aromatic carbocycles. The van der Waals surface area contributed by atoms with Gasteiger partial charge in [0.1, 0.15) is 0 Å². The van der Waals surface area contributed by atoms with E-state index in [1.165, 1.54) is 6.92 Å². The summed E-state index contributed by atoms with van der Waals surface area (Å²) < 4.78 is 8.70. The summed E-state index contributed by atoms with van der Waals surface area (Å²) in [5.41, 5.74) is 0. The smallest absolute Gasteiger partial charge is 0.302 e. The van der Waals surface area contributed by atoms with Crippen molar-refractivity contribution in [3.05, 3.63) is 0 Å². The SMILES string of the molecule is CCCOC=O.CCOC(C)=O. The molecule has 0 aliphatic rings. The summed E-state index contributed by atoms with van der Waals surface area (Å²) in [5, 5.41) is 0. The Morgan fingerprint density at radius 2 is 2.00 bits per heavy atom. The van der Waals surface area contributed by atoms with Crippen LogP contribution < -0.4 is 0 Å². The zero-order chi connectivity index (χ0) is 9.82. The first-order valence-electron chi connectivity index (χ1n) is 3.87. The van der Waals surface area contributed by atoms with Crippen molar-refractivity contribution in [2.45, 2.75) is 27.2 Å². The molecular formula is C8H16O4. The van der Waals surface area contributed by atoms with Crippen LogP contribution >= 0.6 is 0 Å². The van der Waals surface area contributed by atoms with Crippen LogP contribution in [0.5, 0.6) is 0 Å². The Kier molecular flexibility index (Phi) is 14.2. The average molecular weight is 176 g/mol. The van der Waals surface area contributed by atoms with Crippen molar-refractivity contribution in [1.29, 1.82) is 0 Å². The number of esters is 1. The second-order valence-corrected chi connectivity index (χ2v) is 1.89. The van der Waals surface area contributed by atoms with Gasteiger partial charge in [0.25, 0.3) is 6.47 Å². The third kappa shape index (κ3) is 23.1. The molecule has 4 nitrogen and oxygen atoms in total. The maximum atomic E-state index is 9.82. The molecule has 0 saturated carbocycles. The van der Waals surface area contributed by atoms with Crippen LogP contribution in [0.3, 0.4) is 0 Å². The fourth-order valence-corrected chi connectivity index (χ4v) is 0.369. The molecular weight excluding hydrogens is 160 g/mol. The monoisotopic (exact) mass is 176 g/mol. The van der Waals surface area contributed by atoms with E-state index in [9.17, 15) is 9.59 Å². The van der Waals surface area contributed by atoms with Gasteiger partial charge in [-0.3, -0.25) is 9.59 Å². The highest BCUT2D eigenvalue weighted by Crippen LogP contribution is 1.71. The lowest BCUT2D eigenvalue weighted by molar-refractivity contribution is -0.140. The Labute approximate surface area is 72.8 Å². The number of carbonyl (C=O) groups excluding carboxylic acids is 2. The molecule has 0 aliphatic heterocycles. The van der Waals surface area contributed by atoms with Crippen molar-refractivity contribution in [1.82, 2.24) is 0 Å². The summed E-state index contributed by atoms with van der Waals surface area (Å²) in [4.78, 5) is 19.2. The van der Waals surface area contributed by atoms with E-state index in [1.807, 2.05) is 6.92 Å². The summed E-state index contributed by atoms with van der Waals surface area (Å²) in [6.07, 6.45) is 0.902. The molecule has 0 aromatic heterocycles. The highest BCUT2D eigenvalue weighted by Gasteiger charge is 1.81. The molecule has 0 bridgehead atoms. The zero-order valence-electron chi connectivity index (χ0n) is 7.83. The molecule has 0 amide bonds. The van der Waals surface area contributed by atoms with Crippen molar-refractivity contribution in [2.24, 2.45) is 0 Å². The number of carbonyl (C=O) groups is 2. The summed E-state index contributed by atoms with van der Waals surface area (Å²) in [7, 11) is 0. The first-order valence-corrected chi connectivity index (χ1v) is 3.87. The molecule has 0 aromatic rings. The highest BCUT2D eigenvalue weighted by molar-refractivity contribution is 5.65. The van der Waals surface area contributed by atoms with Crippen LogP contribution in [0.25, 0.3) is 0 Å². The first-order chi connectivity index (χ1) is 5.68. The topological polar surface area (TPSA) is 52.6 Å². The van der Waals surface area contributed by atoms with E-state index in [4.69, 9.17) is 0 Å². The number of hydrogen-bond acceptors (Lipinski definition) is 4. The lowest BCUT2D eigenvalue weighted by atomic mass is 10.5. The Balaban J connectivity index is 0. The molecule has 0 spiro atoms. The first kappa shape index (κ1) is 13.5. The van der Waals surface area contributed by atoms with Gasteiger partial charge in [-0.15, -0.1) is 0 Å². The van der Waals surface area contributed by atoms with E-state index in [0.717, 1.165) is 6.42 Å². The van der Waals surface area contributed by atoms with E-state index < -0.39 is 0 Å². The maximum Gasteiger partial charge on any atom is 0.302 e. The second kappa shape index (κ2) is 12.6. The molecule has 0 aliphatic carbocycles. The molecule has 0 unspecified atom stereocenters. The van der Waals surface area contributed by atoms with Crippen molar-refractivity contribution in [3.63, 3.8) is 0 Å². The average Bonchev–Trinajstić information content (AvgIpc) is 2.02. The fourth-order valence-electron chi connectivity index (χ4n) is 0.369. The molecule has 12 heavy (non-hydrogen) atoms. The summed E-state index contributed by atoms with van der Waals surface area (Å²) in [6, 6.07) is 0. The predicted octanol–water partition coefficient (Wildman–Crippen LogP) is 1.14. The fraction of sp³-hybridized carbons (Fsp3) is 0.750. The Morgan fingerprint density at radius 3 is 2.08 bits per heavy atom. The lowest BCUT2D eigenvalue weighted by Crippen LogP contribution is -1.95. The number of rotatable bonds is 4. The van der Waals surface area contributed by atoms with Crippen LogP contribution in [0.1, 0.15) is 27.2 Å². The molecule has 0 fully saturated rings. The van der Waals surface area contributed by atoms with Crippen LogP contribution in [0.4, 0.5) is 0 Å². The molecule has 0 N–H and O–H groups in total. The van der Waals surface area contributed by atoms with Gasteiger partial charge >= 0.3 is 5.97 Å². The minimum Gasteiger partial charge on any atom is -0.468 e. The second-order valence-electron chi connectivity index (χ2n) is 1.89. The van der Waals surface area contributed by atoms with Crippen molar-refractivity contribution in [2.75, 3.05) is 13.2 Å². The van der Waals surface area contributed by atoms with Gasteiger partial charge in [0.05, 0.1) is 13.2 Å². The molecule has 0 rings (SSSR count). The van der Waals surface area contributed by atoms with Gasteiger partial charge in [0, 0.05) is 6.92 Å². The van der Waals surface area contributed by atoms with Gasteiger partial charge in [-0.2, -0.15) is 0 Å². The van der Waals surface area contributed by atoms with E-state index >= 15 is 0 Å². The third-order valence-corrected chi connectivity index (χ3v) is 0.738. The minimum atomic E-state index is -0.211. The molecule has 0 heterocycles. The van der Waals surface area contributed by atoms with E-state index in [-0.39, 0.29) is 5.97 Å². The van der Waals surface area contributed by atoms with Gasteiger partial charge in [0.15, 0.2) is 0 Å². The van der Waals surface area contributed by atoms with Crippen LogP contribution in [0.2, 0.25) is 0 Å². The Morgan fingerprint density at radius 1 is 1.42 bits per heavy atom. The van der Waals surface area contributed by atoms with Crippen LogP contribution in [0.15, 0.2) is 0 Å². The van der Waals surface area contributed by atoms with Gasteiger partial charge in [-0.05, 0) is 13.3 Å². The molecule has 0 atom stereocenters. The quantitative estimate of drug-likeness (QED) is 0.366. The van der Waals surface area contributed by atoms with Crippen LogP contribution in [-0.4, -0.2) is 25.7 Å². The van der Waals surface area contributed by atoms with Crippen molar-refractivity contribution >= 4 is 12.4 Å². The Hall–Kier alpha value is -1.06. The standard InChI is InChI=1S/2C4H8O2/c1-3-6-4(2)5;1-2-3-6-4-5/h3H2,1-2H3;4H,2-3H2,1H3.